The molecule has 2 aliphatic rings. The number of hydrogen-bond donors (Lipinski definition) is 1. The van der Waals surface area contributed by atoms with Crippen molar-refractivity contribution in [2.45, 2.75) is 18.5 Å². The van der Waals surface area contributed by atoms with Crippen LogP contribution in [-0.2, 0) is 6.54 Å². The summed E-state index contributed by atoms with van der Waals surface area (Å²) in [6.07, 6.45) is 1.22. The van der Waals surface area contributed by atoms with Crippen molar-refractivity contribution in [3.8, 4) is 0 Å². The number of hydrogen-bond acceptors (Lipinski definition) is 4. The average molecular weight is 288 g/mol. The number of benzene rings is 1. The van der Waals surface area contributed by atoms with E-state index in [1.165, 1.54) is 18.5 Å². The first-order chi connectivity index (χ1) is 10.2. The van der Waals surface area contributed by atoms with Crippen molar-refractivity contribution < 1.29 is 0 Å². The van der Waals surface area contributed by atoms with Crippen LogP contribution in [-0.4, -0.2) is 73.1 Å². The molecule has 2 fully saturated rings. The Morgan fingerprint density at radius 3 is 2.33 bits per heavy atom. The lowest BCUT2D eigenvalue weighted by atomic mass is 9.95. The van der Waals surface area contributed by atoms with Gasteiger partial charge in [0.2, 0.25) is 0 Å². The molecule has 2 heterocycles. The summed E-state index contributed by atoms with van der Waals surface area (Å²) in [5.41, 5.74) is 7.78. The van der Waals surface area contributed by atoms with Gasteiger partial charge in [0.05, 0.1) is 0 Å². The number of likely N-dealkylation sites (tertiary alicyclic amines) is 1. The third kappa shape index (κ3) is 3.29. The number of rotatable bonds is 4. The van der Waals surface area contributed by atoms with Crippen molar-refractivity contribution in [3.05, 3.63) is 35.9 Å². The fourth-order valence-corrected chi connectivity index (χ4v) is 3.84. The van der Waals surface area contributed by atoms with Gasteiger partial charge in [-0.05, 0) is 25.6 Å². The third-order valence-electron chi connectivity index (χ3n) is 5.20. The molecule has 2 saturated heterocycles. The van der Waals surface area contributed by atoms with Crippen LogP contribution in [0.4, 0.5) is 0 Å². The zero-order chi connectivity index (χ0) is 14.7. The van der Waals surface area contributed by atoms with Crippen LogP contribution in [0.25, 0.3) is 0 Å². The molecule has 0 bridgehead atoms. The molecule has 0 aliphatic carbocycles. The molecule has 0 radical (unpaired) electrons. The Morgan fingerprint density at radius 2 is 1.76 bits per heavy atom. The van der Waals surface area contributed by atoms with Crippen LogP contribution in [0.1, 0.15) is 12.0 Å². The van der Waals surface area contributed by atoms with E-state index in [1.54, 1.807) is 0 Å². The van der Waals surface area contributed by atoms with E-state index in [0.29, 0.717) is 0 Å². The van der Waals surface area contributed by atoms with Crippen LogP contribution in [0.15, 0.2) is 30.3 Å². The topological polar surface area (TPSA) is 35.7 Å². The van der Waals surface area contributed by atoms with Crippen molar-refractivity contribution in [2.75, 3.05) is 52.9 Å². The SMILES string of the molecule is CN1CCC(CN)(N2CCN(Cc3ccccc3)CC2)C1. The smallest absolute Gasteiger partial charge is 0.0471 e. The van der Waals surface area contributed by atoms with E-state index in [0.717, 1.165) is 45.8 Å². The van der Waals surface area contributed by atoms with Gasteiger partial charge in [0, 0.05) is 51.4 Å². The molecule has 1 unspecified atom stereocenters. The van der Waals surface area contributed by atoms with E-state index < -0.39 is 0 Å². The molecule has 1 aromatic carbocycles. The van der Waals surface area contributed by atoms with Gasteiger partial charge < -0.3 is 10.6 Å². The van der Waals surface area contributed by atoms with Gasteiger partial charge in [0.25, 0.3) is 0 Å². The molecule has 0 amide bonds. The van der Waals surface area contributed by atoms with Crippen LogP contribution in [0.3, 0.4) is 0 Å². The minimum absolute atomic E-state index is 0.230. The van der Waals surface area contributed by atoms with Gasteiger partial charge in [0.15, 0.2) is 0 Å². The number of likely N-dealkylation sites (N-methyl/N-ethyl adjacent to an activating group) is 1. The summed E-state index contributed by atoms with van der Waals surface area (Å²) in [6.45, 7) is 8.78. The van der Waals surface area contributed by atoms with Crippen molar-refractivity contribution in [1.29, 1.82) is 0 Å². The number of nitrogens with two attached hydrogens (primary N) is 1. The summed E-state index contributed by atoms with van der Waals surface area (Å²) < 4.78 is 0. The molecule has 4 nitrogen and oxygen atoms in total. The van der Waals surface area contributed by atoms with Crippen LogP contribution < -0.4 is 5.73 Å². The lowest BCUT2D eigenvalue weighted by Crippen LogP contribution is -2.61. The Morgan fingerprint density at radius 1 is 1.05 bits per heavy atom. The Bertz CT molecular complexity index is 441. The summed E-state index contributed by atoms with van der Waals surface area (Å²) in [5, 5.41) is 0. The van der Waals surface area contributed by atoms with Gasteiger partial charge >= 0.3 is 0 Å². The van der Waals surface area contributed by atoms with E-state index >= 15 is 0 Å². The van der Waals surface area contributed by atoms with Gasteiger partial charge in [-0.1, -0.05) is 30.3 Å². The zero-order valence-corrected chi connectivity index (χ0v) is 13.2. The third-order valence-corrected chi connectivity index (χ3v) is 5.20. The van der Waals surface area contributed by atoms with Gasteiger partial charge in [-0.3, -0.25) is 9.80 Å². The highest BCUT2D eigenvalue weighted by Gasteiger charge is 2.41. The maximum Gasteiger partial charge on any atom is 0.0471 e. The maximum absolute atomic E-state index is 6.14. The summed E-state index contributed by atoms with van der Waals surface area (Å²) in [4.78, 5) is 7.63. The van der Waals surface area contributed by atoms with Crippen molar-refractivity contribution in [3.63, 3.8) is 0 Å². The fraction of sp³-hybridized carbons (Fsp3) is 0.647. The molecular formula is C17H28N4. The van der Waals surface area contributed by atoms with E-state index in [9.17, 15) is 0 Å². The van der Waals surface area contributed by atoms with Crippen LogP contribution in [0.2, 0.25) is 0 Å². The normalized spacial score (nSPS) is 29.0. The minimum atomic E-state index is 0.230. The van der Waals surface area contributed by atoms with Gasteiger partial charge in [-0.15, -0.1) is 0 Å². The van der Waals surface area contributed by atoms with E-state index in [4.69, 9.17) is 5.73 Å². The Hall–Kier alpha value is -0.940. The highest BCUT2D eigenvalue weighted by molar-refractivity contribution is 5.14. The molecule has 2 N–H and O–H groups in total. The molecule has 1 aromatic rings. The largest absolute Gasteiger partial charge is 0.329 e. The van der Waals surface area contributed by atoms with Crippen molar-refractivity contribution >= 4 is 0 Å². The molecule has 116 valence electrons. The van der Waals surface area contributed by atoms with Crippen LogP contribution in [0.5, 0.6) is 0 Å². The maximum atomic E-state index is 6.14. The highest BCUT2D eigenvalue weighted by Crippen LogP contribution is 2.27. The molecule has 1 atom stereocenters. The first kappa shape index (κ1) is 15.0. The quantitative estimate of drug-likeness (QED) is 0.890. The highest BCUT2D eigenvalue weighted by atomic mass is 15.3. The molecular weight excluding hydrogens is 260 g/mol. The van der Waals surface area contributed by atoms with E-state index in [1.807, 2.05) is 0 Å². The predicted molar refractivity (Wildman–Crippen MR) is 87.2 cm³/mol. The van der Waals surface area contributed by atoms with Gasteiger partial charge in [0.1, 0.15) is 0 Å². The van der Waals surface area contributed by atoms with Crippen molar-refractivity contribution in [1.82, 2.24) is 14.7 Å². The summed E-state index contributed by atoms with van der Waals surface area (Å²) in [6, 6.07) is 10.8. The van der Waals surface area contributed by atoms with Crippen LogP contribution in [0, 0.1) is 0 Å². The molecule has 4 heteroatoms. The first-order valence-corrected chi connectivity index (χ1v) is 8.12. The van der Waals surface area contributed by atoms with Crippen molar-refractivity contribution in [2.24, 2.45) is 5.73 Å². The molecule has 2 aliphatic heterocycles. The second kappa shape index (κ2) is 6.44. The Kier molecular flexibility index (Phi) is 4.60. The molecule has 0 spiro atoms. The molecule has 21 heavy (non-hydrogen) atoms. The van der Waals surface area contributed by atoms with E-state index in [-0.39, 0.29) is 5.54 Å². The lowest BCUT2D eigenvalue weighted by Gasteiger charge is -2.45. The fourth-order valence-electron chi connectivity index (χ4n) is 3.84. The minimum Gasteiger partial charge on any atom is -0.329 e. The second-order valence-corrected chi connectivity index (χ2v) is 6.67. The van der Waals surface area contributed by atoms with E-state index in [2.05, 4.69) is 52.1 Å². The number of piperazine rings is 1. The van der Waals surface area contributed by atoms with Crippen LogP contribution >= 0.6 is 0 Å². The Balaban J connectivity index is 1.55. The molecule has 0 aromatic heterocycles. The lowest BCUT2D eigenvalue weighted by molar-refractivity contribution is 0.0394. The summed E-state index contributed by atoms with van der Waals surface area (Å²) in [5.74, 6) is 0. The molecule has 3 rings (SSSR count). The Labute approximate surface area is 128 Å². The average Bonchev–Trinajstić information content (AvgIpc) is 2.92. The van der Waals surface area contributed by atoms with Gasteiger partial charge in [-0.25, -0.2) is 0 Å². The van der Waals surface area contributed by atoms with Gasteiger partial charge in [-0.2, -0.15) is 0 Å². The summed E-state index contributed by atoms with van der Waals surface area (Å²) in [7, 11) is 2.21. The number of nitrogens with zero attached hydrogens (tertiary/aromatic N) is 3. The first-order valence-electron chi connectivity index (χ1n) is 8.12. The predicted octanol–water partition coefficient (Wildman–Crippen LogP) is 0.837. The zero-order valence-electron chi connectivity index (χ0n) is 13.2. The monoisotopic (exact) mass is 288 g/mol. The summed E-state index contributed by atoms with van der Waals surface area (Å²) >= 11 is 0. The molecule has 0 saturated carbocycles. The standard InChI is InChI=1S/C17H28N4/c1-19-8-7-17(14-18,15-19)21-11-9-20(10-12-21)13-16-5-3-2-4-6-16/h2-6H,7-15,18H2,1H3. The second-order valence-electron chi connectivity index (χ2n) is 6.67.